The number of unbranched alkanes of at least 4 members (excludes halogenated alkanes) is 6. The molecule has 1 aliphatic rings. The molecule has 0 aromatic rings. The van der Waals surface area contributed by atoms with Crippen LogP contribution in [0.25, 0.3) is 0 Å². The summed E-state index contributed by atoms with van der Waals surface area (Å²) < 4.78 is 0. The van der Waals surface area contributed by atoms with Gasteiger partial charge < -0.3 is 10.6 Å². The molecule has 0 bridgehead atoms. The van der Waals surface area contributed by atoms with E-state index in [1.54, 1.807) is 0 Å². The summed E-state index contributed by atoms with van der Waals surface area (Å²) in [5.74, 6) is -0.00395. The van der Waals surface area contributed by atoms with Gasteiger partial charge in [0.15, 0.2) is 0 Å². The number of hydrogen-bond donors (Lipinski definition) is 2. The fraction of sp³-hybridized carbons (Fsp3) is 0.900. The molecule has 24 heavy (non-hydrogen) atoms. The fourth-order valence-electron chi connectivity index (χ4n) is 3.41. The van der Waals surface area contributed by atoms with Crippen LogP contribution < -0.4 is 10.6 Å². The van der Waals surface area contributed by atoms with Gasteiger partial charge in [-0.1, -0.05) is 65.7 Å². The van der Waals surface area contributed by atoms with Gasteiger partial charge >= 0.3 is 0 Å². The Morgan fingerprint density at radius 1 is 1.12 bits per heavy atom. The van der Waals surface area contributed by atoms with Crippen molar-refractivity contribution in [3.63, 3.8) is 0 Å². The van der Waals surface area contributed by atoms with E-state index in [4.69, 9.17) is 0 Å². The second-order valence-corrected chi connectivity index (χ2v) is 8.12. The van der Waals surface area contributed by atoms with Gasteiger partial charge in [0.25, 0.3) is 0 Å². The van der Waals surface area contributed by atoms with Crippen LogP contribution in [-0.4, -0.2) is 24.4 Å². The number of amides is 2. The van der Waals surface area contributed by atoms with Crippen molar-refractivity contribution < 1.29 is 9.59 Å². The largest absolute Gasteiger partial charge is 0.354 e. The average molecular weight is 339 g/mol. The second-order valence-electron chi connectivity index (χ2n) is 8.12. The summed E-state index contributed by atoms with van der Waals surface area (Å²) in [6.07, 6.45) is 13.4. The number of carbonyl (C=O) groups excluding carboxylic acids is 2. The van der Waals surface area contributed by atoms with Crippen molar-refractivity contribution in [3.05, 3.63) is 0 Å². The molecule has 2 amide bonds. The lowest BCUT2D eigenvalue weighted by molar-refractivity contribution is -0.129. The molecule has 4 heteroatoms. The van der Waals surface area contributed by atoms with Crippen LogP contribution in [0.2, 0.25) is 0 Å². The van der Waals surface area contributed by atoms with Crippen LogP contribution in [0.15, 0.2) is 0 Å². The lowest BCUT2D eigenvalue weighted by atomic mass is 9.83. The summed E-state index contributed by atoms with van der Waals surface area (Å²) in [5.41, 5.74) is 0.00864. The Bertz CT molecular complexity index is 380. The number of carbonyl (C=O) groups is 2. The second kappa shape index (κ2) is 11.5. The van der Waals surface area contributed by atoms with Crippen molar-refractivity contribution in [1.82, 2.24) is 10.6 Å². The Labute approximate surface area is 148 Å². The Morgan fingerprint density at radius 3 is 2.50 bits per heavy atom. The van der Waals surface area contributed by atoms with E-state index in [0.717, 1.165) is 32.2 Å². The number of nitrogens with one attached hydrogen (secondary N) is 2. The first kappa shape index (κ1) is 21.0. The van der Waals surface area contributed by atoms with E-state index in [9.17, 15) is 9.59 Å². The standard InChI is InChI=1S/C20H38N2O2/c1-4-5-6-7-8-9-11-14-20(2,3)16-18(23)22-17-13-10-12-15-21-19(17)24/h17H,4-16H2,1-3H3,(H,21,24)(H,22,23)/t17-/m0/s1. The Hall–Kier alpha value is -1.06. The molecule has 1 atom stereocenters. The van der Waals surface area contributed by atoms with Crippen LogP contribution in [0, 0.1) is 5.41 Å². The van der Waals surface area contributed by atoms with E-state index in [2.05, 4.69) is 31.4 Å². The van der Waals surface area contributed by atoms with E-state index in [-0.39, 0.29) is 23.3 Å². The predicted octanol–water partition coefficient (Wildman–Crippen LogP) is 4.33. The fourth-order valence-corrected chi connectivity index (χ4v) is 3.41. The molecule has 1 aliphatic heterocycles. The molecule has 1 heterocycles. The summed E-state index contributed by atoms with van der Waals surface area (Å²) >= 11 is 0. The lowest BCUT2D eigenvalue weighted by Gasteiger charge is -2.25. The zero-order chi connectivity index (χ0) is 17.8. The molecule has 0 aromatic carbocycles. The Morgan fingerprint density at radius 2 is 1.79 bits per heavy atom. The van der Waals surface area contributed by atoms with Gasteiger partial charge in [-0.3, -0.25) is 9.59 Å². The maximum atomic E-state index is 12.3. The molecular formula is C20H38N2O2. The predicted molar refractivity (Wildman–Crippen MR) is 99.8 cm³/mol. The van der Waals surface area contributed by atoms with E-state index >= 15 is 0 Å². The highest BCUT2D eigenvalue weighted by atomic mass is 16.2. The third-order valence-corrected chi connectivity index (χ3v) is 4.97. The van der Waals surface area contributed by atoms with Crippen molar-refractivity contribution in [2.24, 2.45) is 5.41 Å². The van der Waals surface area contributed by atoms with Crippen molar-refractivity contribution in [3.8, 4) is 0 Å². The first-order chi connectivity index (χ1) is 11.4. The number of rotatable bonds is 11. The SMILES string of the molecule is CCCCCCCCCC(C)(C)CC(=O)N[C@H]1CCCCNC1=O. The minimum absolute atomic E-state index is 0.00864. The van der Waals surface area contributed by atoms with Gasteiger partial charge in [0.05, 0.1) is 0 Å². The minimum atomic E-state index is -0.339. The third-order valence-electron chi connectivity index (χ3n) is 4.97. The van der Waals surface area contributed by atoms with Crippen LogP contribution in [0.5, 0.6) is 0 Å². The van der Waals surface area contributed by atoms with Crippen LogP contribution in [0.1, 0.15) is 97.8 Å². The molecular weight excluding hydrogens is 300 g/mol. The highest BCUT2D eigenvalue weighted by Gasteiger charge is 2.26. The van der Waals surface area contributed by atoms with Gasteiger partial charge in [-0.2, -0.15) is 0 Å². The first-order valence-corrected chi connectivity index (χ1v) is 10.0. The summed E-state index contributed by atoms with van der Waals surface area (Å²) in [4.78, 5) is 24.2. The van der Waals surface area contributed by atoms with E-state index < -0.39 is 0 Å². The summed E-state index contributed by atoms with van der Waals surface area (Å²) in [6, 6.07) is -0.339. The number of hydrogen-bond acceptors (Lipinski definition) is 2. The zero-order valence-electron chi connectivity index (χ0n) is 16.1. The van der Waals surface area contributed by atoms with Gasteiger partial charge in [0.2, 0.25) is 11.8 Å². The topological polar surface area (TPSA) is 58.2 Å². The Kier molecular flexibility index (Phi) is 10.0. The summed E-state index contributed by atoms with van der Waals surface area (Å²) in [6.45, 7) is 7.30. The highest BCUT2D eigenvalue weighted by Crippen LogP contribution is 2.28. The van der Waals surface area contributed by atoms with Crippen LogP contribution in [-0.2, 0) is 9.59 Å². The molecule has 4 nitrogen and oxygen atoms in total. The quantitative estimate of drug-likeness (QED) is 0.551. The van der Waals surface area contributed by atoms with Crippen LogP contribution >= 0.6 is 0 Å². The molecule has 0 unspecified atom stereocenters. The van der Waals surface area contributed by atoms with Crippen LogP contribution in [0.4, 0.5) is 0 Å². The summed E-state index contributed by atoms with van der Waals surface area (Å²) in [7, 11) is 0. The van der Waals surface area contributed by atoms with Crippen molar-refractivity contribution in [2.75, 3.05) is 6.54 Å². The van der Waals surface area contributed by atoms with Gasteiger partial charge in [-0.15, -0.1) is 0 Å². The first-order valence-electron chi connectivity index (χ1n) is 10.0. The molecule has 1 fully saturated rings. The Balaban J connectivity index is 2.22. The zero-order valence-corrected chi connectivity index (χ0v) is 16.1. The third kappa shape index (κ3) is 9.29. The van der Waals surface area contributed by atoms with E-state index in [1.807, 2.05) is 0 Å². The van der Waals surface area contributed by atoms with E-state index in [0.29, 0.717) is 6.42 Å². The molecule has 1 saturated heterocycles. The molecule has 0 spiro atoms. The smallest absolute Gasteiger partial charge is 0.242 e. The van der Waals surface area contributed by atoms with Gasteiger partial charge in [0, 0.05) is 13.0 Å². The van der Waals surface area contributed by atoms with Gasteiger partial charge in [0.1, 0.15) is 6.04 Å². The molecule has 2 N–H and O–H groups in total. The molecule has 0 radical (unpaired) electrons. The summed E-state index contributed by atoms with van der Waals surface area (Å²) in [5, 5.41) is 5.81. The monoisotopic (exact) mass is 338 g/mol. The van der Waals surface area contributed by atoms with Gasteiger partial charge in [-0.25, -0.2) is 0 Å². The lowest BCUT2D eigenvalue weighted by Crippen LogP contribution is -2.46. The van der Waals surface area contributed by atoms with E-state index in [1.165, 1.54) is 44.9 Å². The highest BCUT2D eigenvalue weighted by molar-refractivity contribution is 5.87. The van der Waals surface area contributed by atoms with Gasteiger partial charge in [-0.05, 0) is 31.1 Å². The van der Waals surface area contributed by atoms with Crippen molar-refractivity contribution in [2.45, 2.75) is 104 Å². The molecule has 140 valence electrons. The molecule has 0 saturated carbocycles. The van der Waals surface area contributed by atoms with Crippen LogP contribution in [0.3, 0.4) is 0 Å². The molecule has 0 aromatic heterocycles. The van der Waals surface area contributed by atoms with Crippen molar-refractivity contribution in [1.29, 1.82) is 0 Å². The average Bonchev–Trinajstić information content (AvgIpc) is 2.71. The van der Waals surface area contributed by atoms with Crippen molar-refractivity contribution >= 4 is 11.8 Å². The molecule has 1 rings (SSSR count). The normalized spacial score (nSPS) is 18.8. The maximum Gasteiger partial charge on any atom is 0.242 e. The maximum absolute atomic E-state index is 12.3. The minimum Gasteiger partial charge on any atom is -0.354 e. The molecule has 0 aliphatic carbocycles.